The highest BCUT2D eigenvalue weighted by Crippen LogP contribution is 2.33. The fourth-order valence-corrected chi connectivity index (χ4v) is 3.25. The van der Waals surface area contributed by atoms with Crippen LogP contribution in [0.5, 0.6) is 5.75 Å². The molecule has 3 nitrogen and oxygen atoms in total. The largest absolute Gasteiger partial charge is 0.495 e. The van der Waals surface area contributed by atoms with E-state index in [-0.39, 0.29) is 0 Å². The number of aryl methyl sites for hydroxylation is 1. The number of aromatic nitrogens is 2. The van der Waals surface area contributed by atoms with Crippen LogP contribution < -0.4 is 4.74 Å². The molecule has 0 saturated carbocycles. The predicted octanol–water partition coefficient (Wildman–Crippen LogP) is 5.06. The fraction of sp³-hybridized carbons (Fsp3) is 0.105. The molecule has 1 aromatic heterocycles. The summed E-state index contributed by atoms with van der Waals surface area (Å²) in [7, 11) is 3.64. The lowest BCUT2D eigenvalue weighted by Crippen LogP contribution is -1.93. The number of hydrogen-bond acceptors (Lipinski definition) is 2. The molecule has 0 aliphatic rings. The van der Waals surface area contributed by atoms with Gasteiger partial charge in [-0.3, -0.25) is 0 Å². The molecule has 0 radical (unpaired) electrons. The Balaban J connectivity index is 1.99. The Morgan fingerprint density at radius 3 is 2.65 bits per heavy atom. The van der Waals surface area contributed by atoms with Crippen LogP contribution in [0.1, 0.15) is 0 Å². The number of halogens is 1. The summed E-state index contributed by atoms with van der Waals surface area (Å²) >= 11 is 6.26. The van der Waals surface area contributed by atoms with Gasteiger partial charge >= 0.3 is 0 Å². The van der Waals surface area contributed by atoms with Gasteiger partial charge in [-0.25, -0.2) is 4.98 Å². The summed E-state index contributed by atoms with van der Waals surface area (Å²) < 4.78 is 7.32. The van der Waals surface area contributed by atoms with Gasteiger partial charge in [-0.2, -0.15) is 0 Å². The highest BCUT2D eigenvalue weighted by atomic mass is 35.5. The molecule has 0 aliphatic carbocycles. The van der Waals surface area contributed by atoms with Crippen LogP contribution in [-0.2, 0) is 7.05 Å². The second-order valence-corrected chi connectivity index (χ2v) is 5.91. The molecule has 0 amide bonds. The zero-order valence-electron chi connectivity index (χ0n) is 12.9. The smallest absolute Gasteiger partial charge is 0.140 e. The molecular weight excluding hydrogens is 308 g/mol. The van der Waals surface area contributed by atoms with Crippen LogP contribution in [0.15, 0.2) is 54.6 Å². The number of fused-ring (bicyclic) bond motifs is 3. The molecule has 4 heteroatoms. The summed E-state index contributed by atoms with van der Waals surface area (Å²) in [6, 6.07) is 18.3. The first-order valence-corrected chi connectivity index (χ1v) is 7.75. The molecule has 4 aromatic rings. The van der Waals surface area contributed by atoms with Gasteiger partial charge in [-0.15, -0.1) is 0 Å². The summed E-state index contributed by atoms with van der Waals surface area (Å²) in [5, 5.41) is 2.94. The second kappa shape index (κ2) is 5.28. The Labute approximate surface area is 139 Å². The number of imidazole rings is 1. The number of rotatable bonds is 2. The Bertz CT molecular complexity index is 1040. The monoisotopic (exact) mass is 322 g/mol. The van der Waals surface area contributed by atoms with Crippen LogP contribution in [0, 0.1) is 0 Å². The third-order valence-electron chi connectivity index (χ3n) is 4.19. The standard InChI is InChI=1S/C19H15ClN2O/c1-22-16-9-7-12-5-3-4-6-14(12)18(16)21-19(22)13-8-10-17(23-2)15(20)11-13/h3-11H,1-2H3. The highest BCUT2D eigenvalue weighted by Gasteiger charge is 2.13. The van der Waals surface area contributed by atoms with Gasteiger partial charge in [0.05, 0.1) is 23.2 Å². The van der Waals surface area contributed by atoms with Crippen molar-refractivity contribution in [2.24, 2.45) is 7.05 Å². The van der Waals surface area contributed by atoms with Crippen molar-refractivity contribution in [3.8, 4) is 17.1 Å². The molecule has 0 saturated heterocycles. The van der Waals surface area contributed by atoms with E-state index < -0.39 is 0 Å². The van der Waals surface area contributed by atoms with Crippen molar-refractivity contribution in [2.45, 2.75) is 0 Å². The van der Waals surface area contributed by atoms with Gasteiger partial charge in [-0.05, 0) is 29.7 Å². The molecule has 0 spiro atoms. The SMILES string of the molecule is COc1ccc(-c2nc3c4ccccc4ccc3n2C)cc1Cl. The highest BCUT2D eigenvalue weighted by molar-refractivity contribution is 6.32. The van der Waals surface area contributed by atoms with Crippen LogP contribution in [0.25, 0.3) is 33.2 Å². The quantitative estimate of drug-likeness (QED) is 0.516. The van der Waals surface area contributed by atoms with Gasteiger partial charge < -0.3 is 9.30 Å². The maximum absolute atomic E-state index is 6.26. The molecule has 0 aliphatic heterocycles. The second-order valence-electron chi connectivity index (χ2n) is 5.50. The molecule has 0 atom stereocenters. The third-order valence-corrected chi connectivity index (χ3v) is 4.48. The Kier molecular flexibility index (Phi) is 3.24. The minimum atomic E-state index is 0.585. The average Bonchev–Trinajstić information content (AvgIpc) is 2.92. The lowest BCUT2D eigenvalue weighted by atomic mass is 10.1. The van der Waals surface area contributed by atoms with Gasteiger partial charge in [-0.1, -0.05) is 41.9 Å². The van der Waals surface area contributed by atoms with E-state index in [1.807, 2.05) is 37.4 Å². The predicted molar refractivity (Wildman–Crippen MR) is 95.2 cm³/mol. The van der Waals surface area contributed by atoms with Crippen molar-refractivity contribution in [1.29, 1.82) is 0 Å². The molecule has 23 heavy (non-hydrogen) atoms. The Hall–Kier alpha value is -2.52. The van der Waals surface area contributed by atoms with Gasteiger partial charge in [0.2, 0.25) is 0 Å². The van der Waals surface area contributed by atoms with Crippen LogP contribution in [0.2, 0.25) is 5.02 Å². The van der Waals surface area contributed by atoms with E-state index in [0.717, 1.165) is 27.8 Å². The van der Waals surface area contributed by atoms with Gasteiger partial charge in [0.25, 0.3) is 0 Å². The van der Waals surface area contributed by atoms with Crippen LogP contribution in [0.4, 0.5) is 0 Å². The lowest BCUT2D eigenvalue weighted by Gasteiger charge is -2.06. The molecule has 4 rings (SSSR count). The van der Waals surface area contributed by atoms with E-state index >= 15 is 0 Å². The molecule has 0 bridgehead atoms. The van der Waals surface area contributed by atoms with E-state index in [4.69, 9.17) is 21.3 Å². The summed E-state index contributed by atoms with van der Waals surface area (Å²) in [4.78, 5) is 4.87. The minimum Gasteiger partial charge on any atom is -0.495 e. The first-order valence-electron chi connectivity index (χ1n) is 7.37. The van der Waals surface area contributed by atoms with Gasteiger partial charge in [0.15, 0.2) is 0 Å². The summed E-state index contributed by atoms with van der Waals surface area (Å²) in [5.74, 6) is 1.56. The van der Waals surface area contributed by atoms with Crippen LogP contribution >= 0.6 is 11.6 Å². The summed E-state index contributed by atoms with van der Waals surface area (Å²) in [6.45, 7) is 0. The van der Waals surface area contributed by atoms with Gasteiger partial charge in [0, 0.05) is 18.0 Å². The van der Waals surface area contributed by atoms with E-state index in [1.165, 1.54) is 5.39 Å². The van der Waals surface area contributed by atoms with Crippen molar-refractivity contribution in [3.63, 3.8) is 0 Å². The molecule has 0 fully saturated rings. The van der Waals surface area contributed by atoms with E-state index in [9.17, 15) is 0 Å². The van der Waals surface area contributed by atoms with Crippen molar-refractivity contribution in [1.82, 2.24) is 9.55 Å². The van der Waals surface area contributed by atoms with E-state index in [1.54, 1.807) is 7.11 Å². The van der Waals surface area contributed by atoms with Crippen molar-refractivity contribution in [3.05, 3.63) is 59.6 Å². The molecule has 114 valence electrons. The Morgan fingerprint density at radius 2 is 1.87 bits per heavy atom. The first-order chi connectivity index (χ1) is 11.2. The molecular formula is C19H15ClN2O. The van der Waals surface area contributed by atoms with E-state index in [0.29, 0.717) is 10.8 Å². The van der Waals surface area contributed by atoms with Crippen molar-refractivity contribution >= 4 is 33.4 Å². The zero-order valence-corrected chi connectivity index (χ0v) is 13.6. The average molecular weight is 323 g/mol. The molecule has 1 heterocycles. The van der Waals surface area contributed by atoms with Crippen molar-refractivity contribution < 1.29 is 4.74 Å². The zero-order chi connectivity index (χ0) is 16.0. The van der Waals surface area contributed by atoms with Crippen LogP contribution in [-0.4, -0.2) is 16.7 Å². The summed E-state index contributed by atoms with van der Waals surface area (Å²) in [6.07, 6.45) is 0. The first kappa shape index (κ1) is 14.1. The van der Waals surface area contributed by atoms with Crippen molar-refractivity contribution in [2.75, 3.05) is 7.11 Å². The number of hydrogen-bond donors (Lipinski definition) is 0. The number of ether oxygens (including phenoxy) is 1. The maximum Gasteiger partial charge on any atom is 0.140 e. The lowest BCUT2D eigenvalue weighted by molar-refractivity contribution is 0.415. The normalized spacial score (nSPS) is 11.3. The topological polar surface area (TPSA) is 27.1 Å². The fourth-order valence-electron chi connectivity index (χ4n) is 2.99. The van der Waals surface area contributed by atoms with Crippen LogP contribution in [0.3, 0.4) is 0 Å². The Morgan fingerprint density at radius 1 is 1.04 bits per heavy atom. The molecule has 3 aromatic carbocycles. The summed E-state index contributed by atoms with van der Waals surface area (Å²) in [5.41, 5.74) is 3.08. The molecule has 0 unspecified atom stereocenters. The maximum atomic E-state index is 6.26. The van der Waals surface area contributed by atoms with E-state index in [2.05, 4.69) is 28.8 Å². The molecule has 0 N–H and O–H groups in total. The number of methoxy groups -OCH3 is 1. The number of benzene rings is 3. The third kappa shape index (κ3) is 2.16. The number of nitrogens with zero attached hydrogens (tertiary/aromatic N) is 2. The van der Waals surface area contributed by atoms with Gasteiger partial charge in [0.1, 0.15) is 11.6 Å². The minimum absolute atomic E-state index is 0.585.